The maximum Gasteiger partial charge on any atom is 0.310 e. The minimum atomic E-state index is -0.975. The molecule has 0 saturated carbocycles. The molecule has 0 spiro atoms. The molecule has 1 amide bonds. The minimum Gasteiger partial charge on any atom is -0.481 e. The Balaban J connectivity index is 1.80. The first-order valence-corrected chi connectivity index (χ1v) is 6.89. The van der Waals surface area contributed by atoms with Gasteiger partial charge in [-0.2, -0.15) is 0 Å². The first-order chi connectivity index (χ1) is 9.58. The average Bonchev–Trinajstić information content (AvgIpc) is 3.01. The molecule has 2 aliphatic heterocycles. The van der Waals surface area contributed by atoms with E-state index in [9.17, 15) is 14.7 Å². The highest BCUT2D eigenvalue weighted by atomic mass is 35.5. The van der Waals surface area contributed by atoms with Gasteiger partial charge < -0.3 is 15.2 Å². The molecule has 1 aromatic rings. The predicted molar refractivity (Wildman–Crippen MR) is 72.6 cm³/mol. The van der Waals surface area contributed by atoms with Gasteiger partial charge in [0.15, 0.2) is 0 Å². The number of anilines is 1. The summed E-state index contributed by atoms with van der Waals surface area (Å²) in [5.41, 5.74) is 0.492. The van der Waals surface area contributed by atoms with Crippen LogP contribution in [-0.4, -0.2) is 29.2 Å². The van der Waals surface area contributed by atoms with Crippen molar-refractivity contribution in [2.75, 3.05) is 5.32 Å². The number of para-hydroxylation sites is 1. The van der Waals surface area contributed by atoms with Crippen LogP contribution in [0.1, 0.15) is 12.8 Å². The fraction of sp³-hybridized carbons (Fsp3) is 0.429. The van der Waals surface area contributed by atoms with Crippen molar-refractivity contribution in [3.63, 3.8) is 0 Å². The highest BCUT2D eigenvalue weighted by molar-refractivity contribution is 6.33. The van der Waals surface area contributed by atoms with Crippen molar-refractivity contribution in [1.82, 2.24) is 0 Å². The summed E-state index contributed by atoms with van der Waals surface area (Å²) in [6, 6.07) is 6.87. The van der Waals surface area contributed by atoms with Crippen LogP contribution in [0.5, 0.6) is 0 Å². The summed E-state index contributed by atoms with van der Waals surface area (Å²) in [6.45, 7) is 0. The van der Waals surface area contributed by atoms with Gasteiger partial charge in [0.05, 0.1) is 34.8 Å². The fourth-order valence-electron chi connectivity index (χ4n) is 3.10. The lowest BCUT2D eigenvalue weighted by Crippen LogP contribution is -2.40. The molecular weight excluding hydrogens is 282 g/mol. The maximum absolute atomic E-state index is 12.4. The largest absolute Gasteiger partial charge is 0.481 e. The van der Waals surface area contributed by atoms with E-state index >= 15 is 0 Å². The highest BCUT2D eigenvalue weighted by Gasteiger charge is 2.55. The van der Waals surface area contributed by atoms with Crippen molar-refractivity contribution < 1.29 is 19.4 Å². The van der Waals surface area contributed by atoms with Gasteiger partial charge in [-0.3, -0.25) is 9.59 Å². The molecule has 106 valence electrons. The minimum absolute atomic E-state index is 0.302. The predicted octanol–water partition coefficient (Wildman–Crippen LogP) is 2.16. The number of carboxylic acid groups (broad SMARTS) is 1. The molecular formula is C14H14ClNO4. The molecule has 4 atom stereocenters. The highest BCUT2D eigenvalue weighted by Crippen LogP contribution is 2.44. The Kier molecular flexibility index (Phi) is 3.40. The molecule has 0 aliphatic carbocycles. The van der Waals surface area contributed by atoms with Crippen LogP contribution in [0.25, 0.3) is 0 Å². The number of rotatable bonds is 3. The first-order valence-electron chi connectivity index (χ1n) is 6.51. The van der Waals surface area contributed by atoms with Gasteiger partial charge >= 0.3 is 5.97 Å². The summed E-state index contributed by atoms with van der Waals surface area (Å²) < 4.78 is 5.57. The number of halogens is 1. The van der Waals surface area contributed by atoms with E-state index in [-0.39, 0.29) is 18.1 Å². The summed E-state index contributed by atoms with van der Waals surface area (Å²) >= 11 is 5.99. The molecule has 0 radical (unpaired) electrons. The summed E-state index contributed by atoms with van der Waals surface area (Å²) in [7, 11) is 0. The van der Waals surface area contributed by atoms with E-state index in [1.807, 2.05) is 0 Å². The molecule has 5 nitrogen and oxygen atoms in total. The van der Waals surface area contributed by atoms with E-state index in [0.29, 0.717) is 17.1 Å². The lowest BCUT2D eigenvalue weighted by Gasteiger charge is -2.24. The van der Waals surface area contributed by atoms with E-state index in [1.54, 1.807) is 24.3 Å². The van der Waals surface area contributed by atoms with Gasteiger partial charge in [0.25, 0.3) is 0 Å². The number of ether oxygens (including phenoxy) is 1. The Labute approximate surface area is 120 Å². The van der Waals surface area contributed by atoms with Crippen LogP contribution in [0.3, 0.4) is 0 Å². The zero-order valence-corrected chi connectivity index (χ0v) is 11.3. The van der Waals surface area contributed by atoms with E-state index < -0.39 is 17.8 Å². The number of nitrogens with one attached hydrogen (secondary N) is 1. The molecule has 1 aromatic carbocycles. The zero-order chi connectivity index (χ0) is 14.3. The Morgan fingerprint density at radius 2 is 1.85 bits per heavy atom. The van der Waals surface area contributed by atoms with E-state index in [2.05, 4.69) is 5.32 Å². The van der Waals surface area contributed by atoms with Crippen LogP contribution >= 0.6 is 11.6 Å². The normalized spacial score (nSPS) is 31.2. The third kappa shape index (κ3) is 2.17. The van der Waals surface area contributed by atoms with E-state index in [0.717, 1.165) is 6.42 Å². The third-order valence-electron chi connectivity index (χ3n) is 3.99. The van der Waals surface area contributed by atoms with Gasteiger partial charge in [0, 0.05) is 0 Å². The third-order valence-corrected chi connectivity index (χ3v) is 4.32. The second kappa shape index (κ2) is 5.07. The average molecular weight is 296 g/mol. The van der Waals surface area contributed by atoms with Gasteiger partial charge in [0.1, 0.15) is 0 Å². The molecule has 6 heteroatoms. The van der Waals surface area contributed by atoms with Crippen LogP contribution in [0, 0.1) is 11.8 Å². The second-order valence-corrected chi connectivity index (χ2v) is 5.56. The van der Waals surface area contributed by atoms with Crippen LogP contribution in [0.2, 0.25) is 5.02 Å². The Morgan fingerprint density at radius 1 is 1.20 bits per heavy atom. The number of benzene rings is 1. The molecule has 3 rings (SSSR count). The molecule has 2 saturated heterocycles. The number of carbonyl (C=O) groups is 2. The second-order valence-electron chi connectivity index (χ2n) is 5.15. The van der Waals surface area contributed by atoms with Crippen molar-refractivity contribution >= 4 is 29.2 Å². The summed E-state index contributed by atoms with van der Waals surface area (Å²) in [4.78, 5) is 23.7. The number of hydrogen-bond donors (Lipinski definition) is 2. The Hall–Kier alpha value is -1.59. The lowest BCUT2D eigenvalue weighted by molar-refractivity contribution is -0.147. The summed E-state index contributed by atoms with van der Waals surface area (Å²) in [5, 5.41) is 12.4. The van der Waals surface area contributed by atoms with Gasteiger partial charge in [-0.25, -0.2) is 0 Å². The monoisotopic (exact) mass is 295 g/mol. The van der Waals surface area contributed by atoms with Crippen LogP contribution in [-0.2, 0) is 14.3 Å². The summed E-state index contributed by atoms with van der Waals surface area (Å²) in [6.07, 6.45) is 0.787. The van der Waals surface area contributed by atoms with E-state index in [4.69, 9.17) is 16.3 Å². The smallest absolute Gasteiger partial charge is 0.310 e. The molecule has 0 unspecified atom stereocenters. The lowest BCUT2D eigenvalue weighted by atomic mass is 9.78. The van der Waals surface area contributed by atoms with E-state index in [1.165, 1.54) is 0 Å². The number of hydrogen-bond acceptors (Lipinski definition) is 3. The van der Waals surface area contributed by atoms with Crippen molar-refractivity contribution in [3.8, 4) is 0 Å². The number of carbonyl (C=O) groups excluding carboxylic acids is 1. The van der Waals surface area contributed by atoms with Gasteiger partial charge in [-0.15, -0.1) is 0 Å². The molecule has 2 fully saturated rings. The number of amides is 1. The summed E-state index contributed by atoms with van der Waals surface area (Å²) in [5.74, 6) is -2.73. The standard InChI is InChI=1S/C14H14ClNO4/c15-7-3-1-2-4-8(7)16-13(17)11-9-5-6-10(20-9)12(11)14(18)19/h1-4,9-12H,5-6H2,(H,16,17)(H,18,19)/t9-,10-,11+,12+/m1/s1. The van der Waals surface area contributed by atoms with Gasteiger partial charge in [-0.1, -0.05) is 23.7 Å². The quantitative estimate of drug-likeness (QED) is 0.896. The van der Waals surface area contributed by atoms with Crippen molar-refractivity contribution in [3.05, 3.63) is 29.3 Å². The van der Waals surface area contributed by atoms with Crippen molar-refractivity contribution in [1.29, 1.82) is 0 Å². The van der Waals surface area contributed by atoms with Crippen molar-refractivity contribution in [2.24, 2.45) is 11.8 Å². The molecule has 2 bridgehead atoms. The van der Waals surface area contributed by atoms with Crippen LogP contribution in [0.4, 0.5) is 5.69 Å². The molecule has 0 aromatic heterocycles. The molecule has 2 aliphatic rings. The number of aliphatic carboxylic acids is 1. The maximum atomic E-state index is 12.4. The van der Waals surface area contributed by atoms with Gasteiger partial charge in [-0.05, 0) is 25.0 Å². The Bertz CT molecular complexity index is 562. The Morgan fingerprint density at radius 3 is 2.50 bits per heavy atom. The number of fused-ring (bicyclic) bond motifs is 2. The van der Waals surface area contributed by atoms with Crippen LogP contribution in [0.15, 0.2) is 24.3 Å². The van der Waals surface area contributed by atoms with Gasteiger partial charge in [0.2, 0.25) is 5.91 Å². The fourth-order valence-corrected chi connectivity index (χ4v) is 3.29. The first kappa shape index (κ1) is 13.4. The molecule has 2 N–H and O–H groups in total. The van der Waals surface area contributed by atoms with Crippen LogP contribution < -0.4 is 5.32 Å². The molecule has 2 heterocycles. The number of carboxylic acids is 1. The topological polar surface area (TPSA) is 75.6 Å². The SMILES string of the molecule is O=C(O)[C@@H]1[C@@H](C(=O)Nc2ccccc2Cl)[C@H]2CC[C@H]1O2. The van der Waals surface area contributed by atoms with Crippen molar-refractivity contribution in [2.45, 2.75) is 25.0 Å². The molecule has 20 heavy (non-hydrogen) atoms. The zero-order valence-electron chi connectivity index (χ0n) is 10.6.